The van der Waals surface area contributed by atoms with Crippen LogP contribution < -0.4 is 5.32 Å². The fourth-order valence-corrected chi connectivity index (χ4v) is 3.10. The molecule has 0 radical (unpaired) electrons. The Hall–Kier alpha value is -1.12. The summed E-state index contributed by atoms with van der Waals surface area (Å²) in [7, 11) is 0. The second-order valence-corrected chi connectivity index (χ2v) is 5.83. The molecule has 0 aliphatic heterocycles. The molecular weight excluding hydrogens is 222 g/mol. The number of hydrogen-bond acceptors (Lipinski definition) is 3. The average Bonchev–Trinajstić information content (AvgIpc) is 2.52. The Bertz CT molecular complexity index is 412. The first-order valence-electron chi connectivity index (χ1n) is 7.44. The van der Waals surface area contributed by atoms with Crippen LogP contribution in [-0.2, 0) is 12.8 Å². The van der Waals surface area contributed by atoms with Crippen molar-refractivity contribution in [3.63, 3.8) is 0 Å². The second kappa shape index (κ2) is 5.25. The summed E-state index contributed by atoms with van der Waals surface area (Å²) in [6.45, 7) is 2.30. The number of anilines is 1. The minimum Gasteiger partial charge on any atom is -0.367 e. The van der Waals surface area contributed by atoms with Crippen LogP contribution in [0.1, 0.15) is 56.7 Å². The van der Waals surface area contributed by atoms with Crippen LogP contribution in [-0.4, -0.2) is 16.0 Å². The third-order valence-electron chi connectivity index (χ3n) is 4.60. The van der Waals surface area contributed by atoms with Crippen molar-refractivity contribution < 1.29 is 0 Å². The van der Waals surface area contributed by atoms with Gasteiger partial charge in [0.05, 0.1) is 0 Å². The summed E-state index contributed by atoms with van der Waals surface area (Å²) in [5.74, 6) is 1.96. The van der Waals surface area contributed by atoms with E-state index in [1.165, 1.54) is 49.8 Å². The zero-order valence-electron chi connectivity index (χ0n) is 11.3. The highest BCUT2D eigenvalue weighted by molar-refractivity contribution is 5.47. The molecule has 1 aromatic rings. The average molecular weight is 245 g/mol. The van der Waals surface area contributed by atoms with Gasteiger partial charge in [-0.25, -0.2) is 9.97 Å². The van der Waals surface area contributed by atoms with Crippen LogP contribution in [0.15, 0.2) is 6.33 Å². The number of fused-ring (bicyclic) bond motifs is 1. The molecule has 1 unspecified atom stereocenters. The summed E-state index contributed by atoms with van der Waals surface area (Å²) in [5.41, 5.74) is 2.67. The second-order valence-electron chi connectivity index (χ2n) is 5.83. The molecule has 1 N–H and O–H groups in total. The van der Waals surface area contributed by atoms with Gasteiger partial charge in [0.25, 0.3) is 0 Å². The predicted molar refractivity (Wildman–Crippen MR) is 73.7 cm³/mol. The summed E-state index contributed by atoms with van der Waals surface area (Å²) in [6, 6.07) is 0.556. The minimum atomic E-state index is 0.556. The molecule has 1 saturated carbocycles. The quantitative estimate of drug-likeness (QED) is 0.830. The SMILES string of the molecule is CC(Nc1ncnc2c1CCCCC2)C1CCC1. The summed E-state index contributed by atoms with van der Waals surface area (Å²) in [4.78, 5) is 8.97. The van der Waals surface area contributed by atoms with Crippen LogP contribution in [0.25, 0.3) is 0 Å². The van der Waals surface area contributed by atoms with E-state index in [0.29, 0.717) is 6.04 Å². The van der Waals surface area contributed by atoms with Crippen LogP contribution in [0.2, 0.25) is 0 Å². The molecule has 0 saturated heterocycles. The van der Waals surface area contributed by atoms with E-state index in [1.807, 2.05) is 0 Å². The maximum atomic E-state index is 4.49. The standard InChI is InChI=1S/C15H23N3/c1-11(12-6-5-7-12)18-15-13-8-3-2-4-9-14(13)16-10-17-15/h10-12H,2-9H2,1H3,(H,16,17,18). The van der Waals surface area contributed by atoms with Crippen molar-refractivity contribution in [3.8, 4) is 0 Å². The molecule has 2 aliphatic rings. The van der Waals surface area contributed by atoms with Gasteiger partial charge in [-0.2, -0.15) is 0 Å². The lowest BCUT2D eigenvalue weighted by atomic mass is 9.80. The van der Waals surface area contributed by atoms with Crippen molar-refractivity contribution in [2.75, 3.05) is 5.32 Å². The van der Waals surface area contributed by atoms with Crippen molar-refractivity contribution in [1.82, 2.24) is 9.97 Å². The highest BCUT2D eigenvalue weighted by Crippen LogP contribution is 2.32. The molecule has 0 aromatic carbocycles. The first kappa shape index (κ1) is 11.9. The van der Waals surface area contributed by atoms with E-state index in [4.69, 9.17) is 0 Å². The Kier molecular flexibility index (Phi) is 3.48. The van der Waals surface area contributed by atoms with Gasteiger partial charge in [-0.1, -0.05) is 12.8 Å². The van der Waals surface area contributed by atoms with E-state index in [0.717, 1.165) is 24.6 Å². The predicted octanol–water partition coefficient (Wildman–Crippen LogP) is 3.35. The Morgan fingerprint density at radius 3 is 2.72 bits per heavy atom. The zero-order chi connectivity index (χ0) is 12.4. The van der Waals surface area contributed by atoms with Gasteiger partial charge in [-0.05, 0) is 51.4 Å². The number of nitrogens with zero attached hydrogens (tertiary/aromatic N) is 2. The Labute approximate surface area is 109 Å². The lowest BCUT2D eigenvalue weighted by molar-refractivity contribution is 0.284. The zero-order valence-corrected chi connectivity index (χ0v) is 11.3. The number of aryl methyl sites for hydroxylation is 1. The van der Waals surface area contributed by atoms with Gasteiger partial charge >= 0.3 is 0 Å². The third-order valence-corrected chi connectivity index (χ3v) is 4.60. The number of rotatable bonds is 3. The first-order chi connectivity index (χ1) is 8.84. The molecule has 3 nitrogen and oxygen atoms in total. The maximum absolute atomic E-state index is 4.49. The van der Waals surface area contributed by atoms with Crippen molar-refractivity contribution in [1.29, 1.82) is 0 Å². The Morgan fingerprint density at radius 1 is 1.11 bits per heavy atom. The molecule has 1 fully saturated rings. The number of aromatic nitrogens is 2. The highest BCUT2D eigenvalue weighted by Gasteiger charge is 2.25. The van der Waals surface area contributed by atoms with Gasteiger partial charge in [-0.15, -0.1) is 0 Å². The summed E-state index contributed by atoms with van der Waals surface area (Å²) in [6.07, 6.45) is 12.1. The molecule has 18 heavy (non-hydrogen) atoms. The van der Waals surface area contributed by atoms with Crippen LogP contribution in [0.3, 0.4) is 0 Å². The molecule has 1 atom stereocenters. The molecule has 3 rings (SSSR count). The Balaban J connectivity index is 1.78. The monoisotopic (exact) mass is 245 g/mol. The van der Waals surface area contributed by atoms with Gasteiger partial charge < -0.3 is 5.32 Å². The fraction of sp³-hybridized carbons (Fsp3) is 0.733. The largest absolute Gasteiger partial charge is 0.367 e. The van der Waals surface area contributed by atoms with Gasteiger partial charge in [0.2, 0.25) is 0 Å². The molecule has 1 heterocycles. The summed E-state index contributed by atoms with van der Waals surface area (Å²) < 4.78 is 0. The lowest BCUT2D eigenvalue weighted by Gasteiger charge is -2.32. The molecule has 98 valence electrons. The van der Waals surface area contributed by atoms with Gasteiger partial charge in [-0.3, -0.25) is 0 Å². The van der Waals surface area contributed by atoms with E-state index in [9.17, 15) is 0 Å². The first-order valence-corrected chi connectivity index (χ1v) is 7.44. The third kappa shape index (κ3) is 2.36. The minimum absolute atomic E-state index is 0.556. The van der Waals surface area contributed by atoms with E-state index in [-0.39, 0.29) is 0 Å². The van der Waals surface area contributed by atoms with Crippen LogP contribution >= 0.6 is 0 Å². The molecule has 3 heteroatoms. The molecule has 1 aromatic heterocycles. The van der Waals surface area contributed by atoms with Crippen LogP contribution in [0.5, 0.6) is 0 Å². The molecular formula is C15H23N3. The smallest absolute Gasteiger partial charge is 0.133 e. The van der Waals surface area contributed by atoms with Gasteiger partial charge in [0.15, 0.2) is 0 Å². The number of hydrogen-bond donors (Lipinski definition) is 1. The van der Waals surface area contributed by atoms with E-state index in [1.54, 1.807) is 6.33 Å². The molecule has 0 spiro atoms. The van der Waals surface area contributed by atoms with Crippen LogP contribution in [0.4, 0.5) is 5.82 Å². The van der Waals surface area contributed by atoms with Gasteiger partial charge in [0.1, 0.15) is 12.1 Å². The maximum Gasteiger partial charge on any atom is 0.133 e. The molecule has 2 aliphatic carbocycles. The summed E-state index contributed by atoms with van der Waals surface area (Å²) in [5, 5.41) is 3.65. The summed E-state index contributed by atoms with van der Waals surface area (Å²) >= 11 is 0. The fourth-order valence-electron chi connectivity index (χ4n) is 3.10. The molecule has 0 bridgehead atoms. The van der Waals surface area contributed by atoms with Crippen molar-refractivity contribution in [3.05, 3.63) is 17.6 Å². The van der Waals surface area contributed by atoms with Gasteiger partial charge in [0, 0.05) is 17.3 Å². The highest BCUT2D eigenvalue weighted by atomic mass is 15.0. The van der Waals surface area contributed by atoms with Crippen molar-refractivity contribution in [2.24, 2.45) is 5.92 Å². The Morgan fingerprint density at radius 2 is 1.94 bits per heavy atom. The normalized spacial score (nSPS) is 21.6. The lowest BCUT2D eigenvalue weighted by Crippen LogP contribution is -2.31. The number of nitrogens with one attached hydrogen (secondary N) is 1. The van der Waals surface area contributed by atoms with Crippen molar-refractivity contribution in [2.45, 2.75) is 64.3 Å². The van der Waals surface area contributed by atoms with Crippen molar-refractivity contribution >= 4 is 5.82 Å². The van der Waals surface area contributed by atoms with Crippen LogP contribution in [0, 0.1) is 5.92 Å². The topological polar surface area (TPSA) is 37.8 Å². The van der Waals surface area contributed by atoms with E-state index in [2.05, 4.69) is 22.2 Å². The van der Waals surface area contributed by atoms with E-state index >= 15 is 0 Å². The molecule has 0 amide bonds. The van der Waals surface area contributed by atoms with E-state index < -0.39 is 0 Å².